The molecule has 21 heavy (non-hydrogen) atoms. The highest BCUT2D eigenvalue weighted by molar-refractivity contribution is 5.83. The third-order valence-corrected chi connectivity index (χ3v) is 5.91. The highest BCUT2D eigenvalue weighted by atomic mass is 16.5. The Labute approximate surface area is 128 Å². The van der Waals surface area contributed by atoms with Crippen LogP contribution in [0.4, 0.5) is 0 Å². The maximum absolute atomic E-state index is 13.2. The average Bonchev–Trinajstić information content (AvgIpc) is 2.45. The molecule has 4 aliphatic rings. The Morgan fingerprint density at radius 2 is 1.38 bits per heavy atom. The number of methoxy groups -OCH3 is 2. The summed E-state index contributed by atoms with van der Waals surface area (Å²) in [4.78, 5) is 15.2. The summed E-state index contributed by atoms with van der Waals surface area (Å²) in [7, 11) is 3.40. The normalized spacial score (nSPS) is 37.0. The minimum Gasteiger partial charge on any atom is -0.383 e. The smallest absolute Gasteiger partial charge is 0.228 e. The molecule has 4 rings (SSSR count). The van der Waals surface area contributed by atoms with Crippen LogP contribution < -0.4 is 0 Å². The van der Waals surface area contributed by atoms with Crippen molar-refractivity contribution < 1.29 is 14.3 Å². The fourth-order valence-electron chi connectivity index (χ4n) is 5.43. The van der Waals surface area contributed by atoms with E-state index in [1.165, 1.54) is 19.3 Å². The van der Waals surface area contributed by atoms with Gasteiger partial charge in [-0.25, -0.2) is 0 Å². The summed E-state index contributed by atoms with van der Waals surface area (Å²) in [5.41, 5.74) is -0.0454. The van der Waals surface area contributed by atoms with E-state index in [1.807, 2.05) is 4.90 Å². The molecule has 4 saturated carbocycles. The summed E-state index contributed by atoms with van der Waals surface area (Å²) in [5, 5.41) is 0. The van der Waals surface area contributed by atoms with Gasteiger partial charge in [-0.15, -0.1) is 0 Å². The molecule has 4 aliphatic carbocycles. The molecule has 120 valence electrons. The average molecular weight is 295 g/mol. The van der Waals surface area contributed by atoms with E-state index in [1.54, 1.807) is 14.2 Å². The second-order valence-electron chi connectivity index (χ2n) is 7.48. The molecule has 4 fully saturated rings. The molecule has 0 radical (unpaired) electrons. The number of carbonyl (C=O) groups excluding carboxylic acids is 1. The monoisotopic (exact) mass is 295 g/mol. The van der Waals surface area contributed by atoms with E-state index < -0.39 is 0 Å². The van der Waals surface area contributed by atoms with Crippen LogP contribution in [-0.2, 0) is 14.3 Å². The molecule has 0 heterocycles. The second-order valence-corrected chi connectivity index (χ2v) is 7.48. The Hall–Kier alpha value is -0.610. The van der Waals surface area contributed by atoms with Crippen molar-refractivity contribution in [3.8, 4) is 0 Å². The quantitative estimate of drug-likeness (QED) is 0.723. The van der Waals surface area contributed by atoms with E-state index in [4.69, 9.17) is 9.47 Å². The van der Waals surface area contributed by atoms with Crippen molar-refractivity contribution in [1.29, 1.82) is 0 Å². The van der Waals surface area contributed by atoms with Crippen LogP contribution in [0.2, 0.25) is 0 Å². The molecule has 0 spiro atoms. The predicted octanol–water partition coefficient (Wildman–Crippen LogP) is 2.32. The molecule has 4 heteroatoms. The van der Waals surface area contributed by atoms with Crippen molar-refractivity contribution in [2.75, 3.05) is 40.5 Å². The van der Waals surface area contributed by atoms with Crippen LogP contribution in [0.25, 0.3) is 0 Å². The molecule has 0 aromatic heterocycles. The Morgan fingerprint density at radius 3 is 1.76 bits per heavy atom. The number of nitrogens with zero attached hydrogens (tertiary/aromatic N) is 1. The summed E-state index contributed by atoms with van der Waals surface area (Å²) < 4.78 is 10.4. The first-order valence-electron chi connectivity index (χ1n) is 8.44. The largest absolute Gasteiger partial charge is 0.383 e. The van der Waals surface area contributed by atoms with Crippen LogP contribution in [-0.4, -0.2) is 51.3 Å². The molecule has 0 atom stereocenters. The molecule has 0 saturated heterocycles. The highest BCUT2D eigenvalue weighted by Gasteiger charge is 2.55. The summed E-state index contributed by atoms with van der Waals surface area (Å²) in [6, 6.07) is 0. The van der Waals surface area contributed by atoms with Gasteiger partial charge in [0.15, 0.2) is 0 Å². The first kappa shape index (κ1) is 15.3. The van der Waals surface area contributed by atoms with Gasteiger partial charge < -0.3 is 14.4 Å². The SMILES string of the molecule is COCCN(CCOC)C(=O)C12CC3CC(CC(C3)C1)C2. The summed E-state index contributed by atoms with van der Waals surface area (Å²) >= 11 is 0. The second kappa shape index (κ2) is 6.25. The fraction of sp³-hybridized carbons (Fsp3) is 0.941. The third-order valence-electron chi connectivity index (χ3n) is 5.91. The molecular formula is C17H29NO3. The number of ether oxygens (including phenoxy) is 2. The van der Waals surface area contributed by atoms with Crippen molar-refractivity contribution >= 4 is 5.91 Å². The van der Waals surface area contributed by atoms with E-state index in [0.717, 1.165) is 37.0 Å². The number of carbonyl (C=O) groups is 1. The van der Waals surface area contributed by atoms with Gasteiger partial charge >= 0.3 is 0 Å². The topological polar surface area (TPSA) is 38.8 Å². The lowest BCUT2D eigenvalue weighted by Crippen LogP contribution is -2.55. The highest BCUT2D eigenvalue weighted by Crippen LogP contribution is 2.60. The third kappa shape index (κ3) is 2.98. The Morgan fingerprint density at radius 1 is 0.952 bits per heavy atom. The summed E-state index contributed by atoms with van der Waals surface area (Å²) in [6.07, 6.45) is 7.53. The predicted molar refractivity (Wildman–Crippen MR) is 80.9 cm³/mol. The lowest BCUT2D eigenvalue weighted by atomic mass is 9.49. The van der Waals surface area contributed by atoms with Gasteiger partial charge in [0.25, 0.3) is 0 Å². The standard InChI is InChI=1S/C17H29NO3/c1-20-5-3-18(4-6-21-2)16(19)17-10-13-7-14(11-17)9-15(8-13)12-17/h13-15H,3-12H2,1-2H3. The zero-order chi connectivity index (χ0) is 14.9. The molecule has 4 bridgehead atoms. The molecule has 0 aromatic carbocycles. The van der Waals surface area contributed by atoms with Crippen LogP contribution in [0.1, 0.15) is 38.5 Å². The van der Waals surface area contributed by atoms with E-state index in [9.17, 15) is 4.79 Å². The Kier molecular flexibility index (Phi) is 4.55. The lowest BCUT2D eigenvalue weighted by Gasteiger charge is -2.56. The Bertz CT molecular complexity index is 339. The van der Waals surface area contributed by atoms with Crippen molar-refractivity contribution in [3.63, 3.8) is 0 Å². The molecule has 1 amide bonds. The van der Waals surface area contributed by atoms with Crippen LogP contribution in [0, 0.1) is 23.2 Å². The number of hydrogen-bond acceptors (Lipinski definition) is 3. The van der Waals surface area contributed by atoms with Crippen LogP contribution >= 0.6 is 0 Å². The minimum absolute atomic E-state index is 0.0454. The maximum atomic E-state index is 13.2. The lowest BCUT2D eigenvalue weighted by molar-refractivity contribution is -0.158. The number of hydrogen-bond donors (Lipinski definition) is 0. The maximum Gasteiger partial charge on any atom is 0.228 e. The van der Waals surface area contributed by atoms with Crippen LogP contribution in [0.15, 0.2) is 0 Å². The number of rotatable bonds is 7. The molecule has 0 N–H and O–H groups in total. The molecular weight excluding hydrogens is 266 g/mol. The summed E-state index contributed by atoms with van der Waals surface area (Å²) in [6.45, 7) is 2.62. The molecule has 4 nitrogen and oxygen atoms in total. The van der Waals surface area contributed by atoms with Crippen molar-refractivity contribution in [3.05, 3.63) is 0 Å². The molecule has 0 unspecified atom stereocenters. The van der Waals surface area contributed by atoms with Crippen molar-refractivity contribution in [1.82, 2.24) is 4.90 Å². The van der Waals surface area contributed by atoms with Crippen molar-refractivity contribution in [2.45, 2.75) is 38.5 Å². The van der Waals surface area contributed by atoms with Gasteiger partial charge in [0.05, 0.1) is 18.6 Å². The van der Waals surface area contributed by atoms with E-state index in [2.05, 4.69) is 0 Å². The van der Waals surface area contributed by atoms with Gasteiger partial charge in [0.1, 0.15) is 0 Å². The van der Waals surface area contributed by atoms with Gasteiger partial charge in [-0.1, -0.05) is 0 Å². The van der Waals surface area contributed by atoms with Crippen LogP contribution in [0.3, 0.4) is 0 Å². The first-order valence-corrected chi connectivity index (χ1v) is 8.44. The van der Waals surface area contributed by atoms with Gasteiger partial charge in [-0.2, -0.15) is 0 Å². The Balaban J connectivity index is 1.72. The van der Waals surface area contributed by atoms with Crippen molar-refractivity contribution in [2.24, 2.45) is 23.2 Å². The van der Waals surface area contributed by atoms with Crippen LogP contribution in [0.5, 0.6) is 0 Å². The van der Waals surface area contributed by atoms with Gasteiger partial charge in [-0.3, -0.25) is 4.79 Å². The zero-order valence-corrected chi connectivity index (χ0v) is 13.5. The first-order chi connectivity index (χ1) is 10.2. The van der Waals surface area contributed by atoms with E-state index in [-0.39, 0.29) is 5.41 Å². The van der Waals surface area contributed by atoms with Gasteiger partial charge in [-0.05, 0) is 56.3 Å². The minimum atomic E-state index is -0.0454. The number of amides is 1. The fourth-order valence-corrected chi connectivity index (χ4v) is 5.43. The van der Waals surface area contributed by atoms with E-state index in [0.29, 0.717) is 32.2 Å². The molecule has 0 aromatic rings. The summed E-state index contributed by atoms with van der Waals surface area (Å²) in [5.74, 6) is 2.82. The molecule has 0 aliphatic heterocycles. The van der Waals surface area contributed by atoms with E-state index >= 15 is 0 Å². The zero-order valence-electron chi connectivity index (χ0n) is 13.5. The van der Waals surface area contributed by atoms with Gasteiger partial charge in [0, 0.05) is 27.3 Å². The van der Waals surface area contributed by atoms with Gasteiger partial charge in [0.2, 0.25) is 5.91 Å².